The molecule has 4 heteroatoms. The van der Waals surface area contributed by atoms with E-state index in [4.69, 9.17) is 4.74 Å². The number of ether oxygens (including phenoxy) is 1. The minimum absolute atomic E-state index is 0.182. The van der Waals surface area contributed by atoms with Gasteiger partial charge in [-0.1, -0.05) is 115 Å². The van der Waals surface area contributed by atoms with Crippen molar-refractivity contribution in [1.29, 1.82) is 0 Å². The van der Waals surface area contributed by atoms with Gasteiger partial charge in [-0.3, -0.25) is 4.79 Å². The van der Waals surface area contributed by atoms with E-state index in [1.165, 1.54) is 0 Å². The molecule has 0 unspecified atom stereocenters. The fraction of sp³-hybridized carbons (Fsp3) is 0.100. The van der Waals surface area contributed by atoms with Crippen LogP contribution >= 0.6 is 6.89 Å². The molecule has 0 heterocycles. The molecule has 0 saturated carbocycles. The predicted octanol–water partition coefficient (Wildman–Crippen LogP) is 4.91. The van der Waals surface area contributed by atoms with Crippen LogP contribution in [0.4, 0.5) is 0 Å². The number of hydrogen-bond acceptors (Lipinski definition) is 3. The molecule has 0 N–H and O–H groups in total. The highest BCUT2D eigenvalue weighted by molar-refractivity contribution is 7.97. The zero-order chi connectivity index (χ0) is 24.0. The molecule has 0 aliphatic rings. The van der Waals surface area contributed by atoms with Crippen molar-refractivity contribution in [2.45, 2.75) is 13.8 Å². The lowest BCUT2D eigenvalue weighted by atomic mass is 10.1. The van der Waals surface area contributed by atoms with Crippen LogP contribution in [0, 0.1) is 6.92 Å². The van der Waals surface area contributed by atoms with Crippen LogP contribution in [0.2, 0.25) is 0 Å². The Morgan fingerprint density at radius 3 is 1.56 bits per heavy atom. The Labute approximate surface area is 201 Å². The van der Waals surface area contributed by atoms with Crippen molar-refractivity contribution in [2.24, 2.45) is 0 Å². The summed E-state index contributed by atoms with van der Waals surface area (Å²) in [7, 11) is 0. The van der Waals surface area contributed by atoms with E-state index < -0.39 is 12.9 Å². The monoisotopic (exact) mass is 466 g/mol. The third-order valence-electron chi connectivity index (χ3n) is 5.73. The number of benzene rings is 4. The first-order valence-corrected chi connectivity index (χ1v) is 13.1. The summed E-state index contributed by atoms with van der Waals surface area (Å²) in [5.74, 6) is -0.869. The van der Waals surface area contributed by atoms with Crippen molar-refractivity contribution in [3.8, 4) is 0 Å². The lowest BCUT2D eigenvalue weighted by molar-refractivity contribution is -0.134. The molecule has 4 rings (SSSR count). The molecule has 0 atom stereocenters. The maximum absolute atomic E-state index is 14.3. The highest BCUT2D eigenvalue weighted by Crippen LogP contribution is 2.47. The molecule has 0 aliphatic heterocycles. The van der Waals surface area contributed by atoms with Gasteiger partial charge in [-0.05, 0) is 42.7 Å². The van der Waals surface area contributed by atoms with E-state index in [0.29, 0.717) is 5.56 Å². The normalized spacial score (nSPS) is 11.0. The van der Waals surface area contributed by atoms with E-state index in [-0.39, 0.29) is 17.7 Å². The minimum Gasteiger partial charge on any atom is -0.462 e. The standard InChI is InChI=1S/C30H27O3P/c1-3-33-30(32)29(28(31)24-15-13-14-23(2)22-24)34(25-16-7-4-8-17-25,26-18-9-5-10-19-26)27-20-11-6-12-21-27/h4-22H,3H2,1-2H3. The Morgan fingerprint density at radius 1 is 0.676 bits per heavy atom. The van der Waals surface area contributed by atoms with Gasteiger partial charge in [0.15, 0.2) is 0 Å². The number of carbonyl (C=O) groups is 2. The fourth-order valence-electron chi connectivity index (χ4n) is 4.29. The van der Waals surface area contributed by atoms with Gasteiger partial charge in [-0.2, -0.15) is 0 Å². The molecule has 4 aromatic rings. The van der Waals surface area contributed by atoms with Gasteiger partial charge in [-0.25, -0.2) is 4.79 Å². The molecular weight excluding hydrogens is 439 g/mol. The average molecular weight is 467 g/mol. The van der Waals surface area contributed by atoms with Crippen molar-refractivity contribution < 1.29 is 14.3 Å². The highest BCUT2D eigenvalue weighted by Gasteiger charge is 2.38. The Hall–Kier alpha value is -3.68. The topological polar surface area (TPSA) is 43.4 Å². The summed E-state index contributed by atoms with van der Waals surface area (Å²) in [6.45, 7) is 0.992. The molecule has 0 saturated heterocycles. The first-order valence-electron chi connectivity index (χ1n) is 11.3. The van der Waals surface area contributed by atoms with Crippen molar-refractivity contribution in [2.75, 3.05) is 6.61 Å². The maximum Gasteiger partial charge on any atom is 0.343 e. The van der Waals surface area contributed by atoms with Crippen LogP contribution in [0.25, 0.3) is 0 Å². The van der Waals surface area contributed by atoms with Gasteiger partial charge in [0.05, 0.1) is 6.61 Å². The molecule has 0 fully saturated rings. The van der Waals surface area contributed by atoms with Crippen LogP contribution in [0.1, 0.15) is 22.8 Å². The second-order valence-corrected chi connectivity index (χ2v) is 11.3. The molecule has 0 aromatic heterocycles. The highest BCUT2D eigenvalue weighted by atomic mass is 31.2. The Bertz CT molecular complexity index is 1240. The summed E-state index contributed by atoms with van der Waals surface area (Å²) in [5.41, 5.74) is 1.44. The van der Waals surface area contributed by atoms with Crippen LogP contribution in [0.3, 0.4) is 0 Å². The molecule has 0 spiro atoms. The Balaban J connectivity index is 2.26. The van der Waals surface area contributed by atoms with E-state index in [1.807, 2.05) is 116 Å². The largest absolute Gasteiger partial charge is 0.462 e. The second kappa shape index (κ2) is 10.5. The average Bonchev–Trinajstić information content (AvgIpc) is 2.88. The van der Waals surface area contributed by atoms with Crippen molar-refractivity contribution in [3.63, 3.8) is 0 Å². The first kappa shape index (κ1) is 23.5. The van der Waals surface area contributed by atoms with Crippen LogP contribution in [-0.2, 0) is 9.53 Å². The summed E-state index contributed by atoms with van der Waals surface area (Å²) < 4.78 is 5.58. The molecule has 34 heavy (non-hydrogen) atoms. The maximum atomic E-state index is 14.3. The number of carbonyl (C=O) groups excluding carboxylic acids is 2. The SMILES string of the molecule is CCOC(=O)C(C(=O)c1cccc(C)c1)=P(c1ccccc1)(c1ccccc1)c1ccccc1. The summed E-state index contributed by atoms with van der Waals surface area (Å²) in [6.07, 6.45) is 0. The summed E-state index contributed by atoms with van der Waals surface area (Å²) >= 11 is 0. The van der Waals surface area contributed by atoms with Gasteiger partial charge in [0, 0.05) is 5.56 Å². The summed E-state index contributed by atoms with van der Waals surface area (Å²) in [4.78, 5) is 28.0. The van der Waals surface area contributed by atoms with Crippen LogP contribution in [-0.4, -0.2) is 23.7 Å². The number of aryl methyl sites for hydroxylation is 1. The third-order valence-corrected chi connectivity index (χ3v) is 10.0. The van der Waals surface area contributed by atoms with Crippen molar-refractivity contribution in [3.05, 3.63) is 126 Å². The quantitative estimate of drug-likeness (QED) is 0.168. The minimum atomic E-state index is -2.89. The molecule has 170 valence electrons. The van der Waals surface area contributed by atoms with E-state index in [1.54, 1.807) is 13.0 Å². The third kappa shape index (κ3) is 4.40. The van der Waals surface area contributed by atoms with E-state index >= 15 is 0 Å². The van der Waals surface area contributed by atoms with Crippen molar-refractivity contribution in [1.82, 2.24) is 0 Å². The number of hydrogen-bond donors (Lipinski definition) is 0. The molecule has 3 nitrogen and oxygen atoms in total. The lowest BCUT2D eigenvalue weighted by Gasteiger charge is -2.31. The second-order valence-electron chi connectivity index (χ2n) is 7.95. The number of ketones is 1. The molecular formula is C30H27O3P. The van der Waals surface area contributed by atoms with E-state index in [0.717, 1.165) is 21.5 Å². The van der Waals surface area contributed by atoms with Gasteiger partial charge in [0.2, 0.25) is 5.78 Å². The molecule has 0 radical (unpaired) electrons. The van der Waals surface area contributed by atoms with Gasteiger partial charge >= 0.3 is 5.97 Å². The molecule has 0 bridgehead atoms. The van der Waals surface area contributed by atoms with Crippen molar-refractivity contribution >= 4 is 39.8 Å². The lowest BCUT2D eigenvalue weighted by Crippen LogP contribution is -2.38. The zero-order valence-corrected chi connectivity index (χ0v) is 20.2. The van der Waals surface area contributed by atoms with Crippen LogP contribution in [0.15, 0.2) is 115 Å². The van der Waals surface area contributed by atoms with E-state index in [9.17, 15) is 9.59 Å². The fourth-order valence-corrected chi connectivity index (χ4v) is 8.59. The predicted molar refractivity (Wildman–Crippen MR) is 142 cm³/mol. The Kier molecular flexibility index (Phi) is 7.25. The van der Waals surface area contributed by atoms with Gasteiger partial charge < -0.3 is 4.74 Å². The smallest absolute Gasteiger partial charge is 0.343 e. The number of rotatable bonds is 7. The zero-order valence-electron chi connectivity index (χ0n) is 19.3. The van der Waals surface area contributed by atoms with Gasteiger partial charge in [0.1, 0.15) is 5.29 Å². The number of Topliss-reactive ketones (excluding diaryl/α,β-unsaturated/α-hetero) is 1. The molecule has 0 amide bonds. The number of esters is 1. The molecule has 4 aromatic carbocycles. The van der Waals surface area contributed by atoms with Crippen LogP contribution < -0.4 is 15.9 Å². The Morgan fingerprint density at radius 2 is 1.15 bits per heavy atom. The van der Waals surface area contributed by atoms with E-state index in [2.05, 4.69) is 0 Å². The first-order chi connectivity index (χ1) is 16.6. The summed E-state index contributed by atoms with van der Waals surface area (Å²) in [6, 6.07) is 37.0. The summed E-state index contributed by atoms with van der Waals surface area (Å²) in [5, 5.41) is 2.97. The van der Waals surface area contributed by atoms with Gasteiger partial charge in [-0.15, -0.1) is 0 Å². The van der Waals surface area contributed by atoms with Gasteiger partial charge in [0.25, 0.3) is 0 Å². The van der Waals surface area contributed by atoms with Crippen LogP contribution in [0.5, 0.6) is 0 Å². The molecule has 0 aliphatic carbocycles.